The van der Waals surface area contributed by atoms with E-state index in [2.05, 4.69) is 38.2 Å². The molecule has 0 heterocycles. The molecule has 1 atom stereocenters. The van der Waals surface area contributed by atoms with Crippen LogP contribution >= 0.6 is 0 Å². The molecule has 0 aliphatic carbocycles. The zero-order valence-corrected chi connectivity index (χ0v) is 12.5. The summed E-state index contributed by atoms with van der Waals surface area (Å²) in [6, 6.07) is 4.43. The van der Waals surface area contributed by atoms with Crippen molar-refractivity contribution in [1.29, 1.82) is 0 Å². The van der Waals surface area contributed by atoms with Crippen molar-refractivity contribution in [3.05, 3.63) is 34.4 Å². The Hall–Kier alpha value is -1.35. The first-order valence-electron chi connectivity index (χ1n) is 6.97. The topological polar surface area (TPSA) is 55.1 Å². The molecule has 3 N–H and O–H groups in total. The number of amides is 1. The van der Waals surface area contributed by atoms with Gasteiger partial charge in [0.15, 0.2) is 0 Å². The second kappa shape index (κ2) is 7.29. The van der Waals surface area contributed by atoms with Crippen LogP contribution in [0.4, 0.5) is 0 Å². The number of aryl methyl sites for hydroxylation is 3. The lowest BCUT2D eigenvalue weighted by atomic mass is 9.99. The van der Waals surface area contributed by atoms with E-state index >= 15 is 0 Å². The van der Waals surface area contributed by atoms with Gasteiger partial charge in [-0.1, -0.05) is 19.1 Å². The lowest BCUT2D eigenvalue weighted by molar-refractivity contribution is -0.121. The summed E-state index contributed by atoms with van der Waals surface area (Å²) in [5.74, 6) is 0.350. The maximum absolute atomic E-state index is 11.6. The molecule has 1 aromatic carbocycles. The Morgan fingerprint density at radius 3 is 2.47 bits per heavy atom. The molecule has 0 spiro atoms. The van der Waals surface area contributed by atoms with Crippen molar-refractivity contribution in [2.75, 3.05) is 13.1 Å². The molecule has 19 heavy (non-hydrogen) atoms. The van der Waals surface area contributed by atoms with E-state index < -0.39 is 0 Å². The van der Waals surface area contributed by atoms with Crippen LogP contribution in [0.3, 0.4) is 0 Å². The van der Waals surface area contributed by atoms with Gasteiger partial charge in [-0.3, -0.25) is 4.79 Å². The van der Waals surface area contributed by atoms with Crippen molar-refractivity contribution in [1.82, 2.24) is 5.32 Å². The third-order valence-electron chi connectivity index (χ3n) is 3.61. The highest BCUT2D eigenvalue weighted by Gasteiger charge is 2.07. The van der Waals surface area contributed by atoms with Gasteiger partial charge in [-0.05, 0) is 61.9 Å². The number of hydrogen-bond acceptors (Lipinski definition) is 2. The first-order chi connectivity index (χ1) is 8.93. The van der Waals surface area contributed by atoms with Crippen molar-refractivity contribution >= 4 is 5.91 Å². The second-order valence-corrected chi connectivity index (χ2v) is 5.51. The van der Waals surface area contributed by atoms with Crippen LogP contribution in [0.15, 0.2) is 12.1 Å². The average Bonchev–Trinajstić information content (AvgIpc) is 2.35. The zero-order valence-electron chi connectivity index (χ0n) is 12.5. The lowest BCUT2D eigenvalue weighted by Gasteiger charge is -2.12. The van der Waals surface area contributed by atoms with Crippen molar-refractivity contribution < 1.29 is 4.79 Å². The molecule has 0 fully saturated rings. The van der Waals surface area contributed by atoms with Crippen LogP contribution in [-0.2, 0) is 11.2 Å². The first kappa shape index (κ1) is 15.7. The Labute approximate surface area is 116 Å². The standard InChI is InChI=1S/C16H26N2O/c1-11(10-17)7-16(19)18-6-5-15-9-13(3)12(2)8-14(15)4/h8-9,11H,5-7,10,17H2,1-4H3,(H,18,19). The Morgan fingerprint density at radius 2 is 1.84 bits per heavy atom. The Balaban J connectivity index is 2.45. The van der Waals surface area contributed by atoms with Gasteiger partial charge in [0.05, 0.1) is 0 Å². The van der Waals surface area contributed by atoms with E-state index in [1.54, 1.807) is 0 Å². The maximum Gasteiger partial charge on any atom is 0.220 e. The van der Waals surface area contributed by atoms with Crippen LogP contribution in [0.5, 0.6) is 0 Å². The van der Waals surface area contributed by atoms with Gasteiger partial charge in [-0.25, -0.2) is 0 Å². The predicted molar refractivity (Wildman–Crippen MR) is 80.2 cm³/mol. The van der Waals surface area contributed by atoms with Crippen LogP contribution < -0.4 is 11.1 Å². The van der Waals surface area contributed by atoms with Crippen molar-refractivity contribution in [2.45, 2.75) is 40.5 Å². The van der Waals surface area contributed by atoms with E-state index in [1.807, 2.05) is 6.92 Å². The number of rotatable bonds is 6. The third kappa shape index (κ3) is 5.03. The van der Waals surface area contributed by atoms with Crippen molar-refractivity contribution in [3.63, 3.8) is 0 Å². The molecule has 0 saturated carbocycles. The molecule has 1 rings (SSSR count). The molecule has 0 aliphatic rings. The molecule has 0 radical (unpaired) electrons. The van der Waals surface area contributed by atoms with E-state index in [9.17, 15) is 4.79 Å². The maximum atomic E-state index is 11.6. The van der Waals surface area contributed by atoms with Gasteiger partial charge in [-0.15, -0.1) is 0 Å². The van der Waals surface area contributed by atoms with Gasteiger partial charge >= 0.3 is 0 Å². The Kier molecular flexibility index (Phi) is 6.03. The summed E-state index contributed by atoms with van der Waals surface area (Å²) in [5.41, 5.74) is 10.8. The second-order valence-electron chi connectivity index (χ2n) is 5.51. The lowest BCUT2D eigenvalue weighted by Crippen LogP contribution is -2.28. The number of nitrogens with two attached hydrogens (primary N) is 1. The van der Waals surface area contributed by atoms with Gasteiger partial charge in [0, 0.05) is 13.0 Å². The smallest absolute Gasteiger partial charge is 0.220 e. The number of carbonyl (C=O) groups is 1. The molecule has 0 saturated heterocycles. The summed E-state index contributed by atoms with van der Waals surface area (Å²) in [6.07, 6.45) is 1.40. The van der Waals surface area contributed by atoms with Gasteiger partial charge in [0.25, 0.3) is 0 Å². The number of hydrogen-bond donors (Lipinski definition) is 2. The molecular formula is C16H26N2O. The van der Waals surface area contributed by atoms with E-state index in [1.165, 1.54) is 22.3 Å². The Bertz CT molecular complexity index is 441. The molecule has 0 bridgehead atoms. The summed E-state index contributed by atoms with van der Waals surface area (Å²) < 4.78 is 0. The fourth-order valence-electron chi connectivity index (χ4n) is 2.10. The van der Waals surface area contributed by atoms with Gasteiger partial charge in [-0.2, -0.15) is 0 Å². The minimum absolute atomic E-state index is 0.0967. The fraction of sp³-hybridized carbons (Fsp3) is 0.562. The molecule has 1 amide bonds. The molecule has 0 aliphatic heterocycles. The normalized spacial score (nSPS) is 12.3. The Morgan fingerprint density at radius 1 is 1.21 bits per heavy atom. The SMILES string of the molecule is Cc1cc(C)c(CCNC(=O)CC(C)CN)cc1C. The highest BCUT2D eigenvalue weighted by atomic mass is 16.1. The molecule has 1 aromatic rings. The molecule has 1 unspecified atom stereocenters. The molecule has 3 nitrogen and oxygen atoms in total. The summed E-state index contributed by atoms with van der Waals surface area (Å²) in [4.78, 5) is 11.6. The van der Waals surface area contributed by atoms with Gasteiger partial charge in [0.1, 0.15) is 0 Å². The summed E-state index contributed by atoms with van der Waals surface area (Å²) in [6.45, 7) is 9.62. The highest BCUT2D eigenvalue weighted by Crippen LogP contribution is 2.15. The molecule has 106 valence electrons. The minimum Gasteiger partial charge on any atom is -0.356 e. The van der Waals surface area contributed by atoms with Crippen LogP contribution in [0.25, 0.3) is 0 Å². The largest absolute Gasteiger partial charge is 0.356 e. The van der Waals surface area contributed by atoms with Crippen molar-refractivity contribution in [2.24, 2.45) is 11.7 Å². The summed E-state index contributed by atoms with van der Waals surface area (Å²) >= 11 is 0. The van der Waals surface area contributed by atoms with E-state index in [0.717, 1.165) is 6.42 Å². The van der Waals surface area contributed by atoms with E-state index in [4.69, 9.17) is 5.73 Å². The van der Waals surface area contributed by atoms with Crippen LogP contribution in [-0.4, -0.2) is 19.0 Å². The average molecular weight is 262 g/mol. The number of carbonyl (C=O) groups excluding carboxylic acids is 1. The summed E-state index contributed by atoms with van der Waals surface area (Å²) in [5, 5.41) is 2.96. The number of benzene rings is 1. The van der Waals surface area contributed by atoms with Crippen molar-refractivity contribution in [3.8, 4) is 0 Å². The highest BCUT2D eigenvalue weighted by molar-refractivity contribution is 5.76. The van der Waals surface area contributed by atoms with E-state index in [0.29, 0.717) is 19.5 Å². The third-order valence-corrected chi connectivity index (χ3v) is 3.61. The van der Waals surface area contributed by atoms with Crippen LogP contribution in [0.2, 0.25) is 0 Å². The van der Waals surface area contributed by atoms with Gasteiger partial charge < -0.3 is 11.1 Å². The molecular weight excluding hydrogens is 236 g/mol. The number of nitrogens with one attached hydrogen (secondary N) is 1. The van der Waals surface area contributed by atoms with Gasteiger partial charge in [0.2, 0.25) is 5.91 Å². The van der Waals surface area contributed by atoms with Crippen LogP contribution in [0.1, 0.15) is 35.6 Å². The molecule has 3 heteroatoms. The van der Waals surface area contributed by atoms with Crippen LogP contribution in [0, 0.1) is 26.7 Å². The summed E-state index contributed by atoms with van der Waals surface area (Å²) in [7, 11) is 0. The minimum atomic E-state index is 0.0967. The monoisotopic (exact) mass is 262 g/mol. The quantitative estimate of drug-likeness (QED) is 0.826. The zero-order chi connectivity index (χ0) is 14.4. The predicted octanol–water partition coefficient (Wildman–Crippen LogP) is 2.26. The first-order valence-corrected chi connectivity index (χ1v) is 6.97. The van der Waals surface area contributed by atoms with E-state index in [-0.39, 0.29) is 11.8 Å². The molecule has 0 aromatic heterocycles. The fourth-order valence-corrected chi connectivity index (χ4v) is 2.10.